The molecule has 3 heteroatoms. The van der Waals surface area contributed by atoms with Gasteiger partial charge in [-0.05, 0) is 20.8 Å². The summed E-state index contributed by atoms with van der Waals surface area (Å²) in [5.74, 6) is 1.62. The van der Waals surface area contributed by atoms with Gasteiger partial charge in [0.25, 0.3) is 0 Å². The Morgan fingerprint density at radius 3 is 2.40 bits per heavy atom. The van der Waals surface area contributed by atoms with Crippen molar-refractivity contribution in [3.8, 4) is 0 Å². The minimum Gasteiger partial charge on any atom is -0.265 e. The van der Waals surface area contributed by atoms with Crippen LogP contribution in [0.3, 0.4) is 0 Å². The SMILES string of the molecule is CC1=NC(C)=NC(C)=NC1. The zero-order valence-corrected chi connectivity index (χ0v) is 6.55. The average Bonchev–Trinajstić information content (AvgIpc) is 1.93. The van der Waals surface area contributed by atoms with E-state index in [1.54, 1.807) is 0 Å². The predicted octanol–water partition coefficient (Wildman–Crippen LogP) is 1.30. The van der Waals surface area contributed by atoms with Gasteiger partial charge >= 0.3 is 0 Å². The van der Waals surface area contributed by atoms with E-state index >= 15 is 0 Å². The second kappa shape index (κ2) is 2.73. The number of aliphatic imine (C=N–C) groups is 3. The van der Waals surface area contributed by atoms with Gasteiger partial charge in [0, 0.05) is 5.71 Å². The molecule has 0 spiro atoms. The molecule has 0 saturated carbocycles. The van der Waals surface area contributed by atoms with Crippen LogP contribution in [0.25, 0.3) is 0 Å². The molecular formula is C7H11N3. The van der Waals surface area contributed by atoms with E-state index in [0.717, 1.165) is 17.4 Å². The summed E-state index contributed by atoms with van der Waals surface area (Å²) in [7, 11) is 0. The monoisotopic (exact) mass is 137 g/mol. The van der Waals surface area contributed by atoms with Crippen LogP contribution in [0.2, 0.25) is 0 Å². The number of nitrogens with zero attached hydrogens (tertiary/aromatic N) is 3. The number of amidine groups is 2. The lowest BCUT2D eigenvalue weighted by atomic mass is 10.4. The van der Waals surface area contributed by atoms with E-state index in [9.17, 15) is 0 Å². The Bertz CT molecular complexity index is 223. The standard InChI is InChI=1S/C7H11N3/c1-5-4-8-6(2)10-7(3)9-5/h4H2,1-3H3. The third kappa shape index (κ3) is 1.76. The van der Waals surface area contributed by atoms with Gasteiger partial charge in [-0.25, -0.2) is 9.98 Å². The molecule has 3 nitrogen and oxygen atoms in total. The van der Waals surface area contributed by atoms with Gasteiger partial charge < -0.3 is 0 Å². The molecule has 1 heterocycles. The fourth-order valence-electron chi connectivity index (χ4n) is 0.835. The van der Waals surface area contributed by atoms with Crippen LogP contribution in [0.1, 0.15) is 20.8 Å². The van der Waals surface area contributed by atoms with Crippen molar-refractivity contribution in [2.45, 2.75) is 20.8 Å². The molecule has 0 atom stereocenters. The first-order chi connectivity index (χ1) is 4.68. The molecule has 0 aromatic rings. The molecule has 0 aromatic carbocycles. The molecule has 0 N–H and O–H groups in total. The van der Waals surface area contributed by atoms with Crippen molar-refractivity contribution in [3.05, 3.63) is 0 Å². The smallest absolute Gasteiger partial charge is 0.127 e. The molecule has 10 heavy (non-hydrogen) atoms. The highest BCUT2D eigenvalue weighted by Crippen LogP contribution is 1.93. The van der Waals surface area contributed by atoms with Crippen LogP contribution in [-0.2, 0) is 0 Å². The summed E-state index contributed by atoms with van der Waals surface area (Å²) in [6.07, 6.45) is 0. The summed E-state index contributed by atoms with van der Waals surface area (Å²) in [5, 5.41) is 0. The first-order valence-electron chi connectivity index (χ1n) is 3.29. The number of hydrogen-bond donors (Lipinski definition) is 0. The molecule has 54 valence electrons. The summed E-state index contributed by atoms with van der Waals surface area (Å²) in [4.78, 5) is 12.4. The normalized spacial score (nSPS) is 18.9. The van der Waals surface area contributed by atoms with Crippen molar-refractivity contribution >= 4 is 17.4 Å². The molecule has 1 aliphatic heterocycles. The molecule has 1 rings (SSSR count). The fraction of sp³-hybridized carbons (Fsp3) is 0.571. The van der Waals surface area contributed by atoms with Crippen molar-refractivity contribution in [1.29, 1.82) is 0 Å². The van der Waals surface area contributed by atoms with Crippen LogP contribution in [0.4, 0.5) is 0 Å². The molecule has 0 fully saturated rings. The first-order valence-corrected chi connectivity index (χ1v) is 3.29. The zero-order chi connectivity index (χ0) is 7.56. The Labute approximate surface area is 60.6 Å². The highest BCUT2D eigenvalue weighted by Gasteiger charge is 1.97. The largest absolute Gasteiger partial charge is 0.265 e. The maximum atomic E-state index is 4.18. The Kier molecular flexibility index (Phi) is 1.94. The maximum Gasteiger partial charge on any atom is 0.127 e. The molecule has 0 saturated heterocycles. The minimum atomic E-state index is 0.687. The lowest BCUT2D eigenvalue weighted by Gasteiger charge is -1.88. The van der Waals surface area contributed by atoms with Crippen LogP contribution in [0.5, 0.6) is 0 Å². The Morgan fingerprint density at radius 1 is 1.00 bits per heavy atom. The number of hydrogen-bond acceptors (Lipinski definition) is 3. The van der Waals surface area contributed by atoms with Crippen molar-refractivity contribution in [1.82, 2.24) is 0 Å². The van der Waals surface area contributed by atoms with Crippen molar-refractivity contribution < 1.29 is 0 Å². The Hall–Kier alpha value is -0.990. The molecule has 0 bridgehead atoms. The van der Waals surface area contributed by atoms with E-state index in [4.69, 9.17) is 0 Å². The second-order valence-corrected chi connectivity index (χ2v) is 2.37. The second-order valence-electron chi connectivity index (χ2n) is 2.37. The third-order valence-corrected chi connectivity index (χ3v) is 1.21. The minimum absolute atomic E-state index is 0.687. The van der Waals surface area contributed by atoms with Gasteiger partial charge in [-0.1, -0.05) is 0 Å². The van der Waals surface area contributed by atoms with Gasteiger partial charge in [0.05, 0.1) is 6.54 Å². The van der Waals surface area contributed by atoms with E-state index < -0.39 is 0 Å². The zero-order valence-electron chi connectivity index (χ0n) is 6.55. The van der Waals surface area contributed by atoms with Gasteiger partial charge in [-0.2, -0.15) is 0 Å². The average molecular weight is 137 g/mol. The summed E-state index contributed by atoms with van der Waals surface area (Å²) < 4.78 is 0. The Morgan fingerprint density at radius 2 is 1.70 bits per heavy atom. The summed E-state index contributed by atoms with van der Waals surface area (Å²) in [5.41, 5.74) is 1.03. The Balaban J connectivity index is 2.90. The van der Waals surface area contributed by atoms with E-state index in [0.29, 0.717) is 6.54 Å². The van der Waals surface area contributed by atoms with Crippen LogP contribution in [0.15, 0.2) is 15.0 Å². The van der Waals surface area contributed by atoms with Crippen LogP contribution < -0.4 is 0 Å². The molecule has 0 aliphatic carbocycles. The highest BCUT2D eigenvalue weighted by atomic mass is 15.0. The highest BCUT2D eigenvalue weighted by molar-refractivity contribution is 6.04. The number of rotatable bonds is 0. The first kappa shape index (κ1) is 7.12. The lowest BCUT2D eigenvalue weighted by molar-refractivity contribution is 1.27. The van der Waals surface area contributed by atoms with Crippen LogP contribution >= 0.6 is 0 Å². The van der Waals surface area contributed by atoms with Gasteiger partial charge in [0.1, 0.15) is 11.7 Å². The van der Waals surface area contributed by atoms with E-state index in [-0.39, 0.29) is 0 Å². The summed E-state index contributed by atoms with van der Waals surface area (Å²) >= 11 is 0. The topological polar surface area (TPSA) is 37.1 Å². The summed E-state index contributed by atoms with van der Waals surface area (Å²) in [6, 6.07) is 0. The molecular weight excluding hydrogens is 126 g/mol. The molecule has 1 aliphatic rings. The van der Waals surface area contributed by atoms with Gasteiger partial charge in [0.2, 0.25) is 0 Å². The van der Waals surface area contributed by atoms with Gasteiger partial charge in [0.15, 0.2) is 0 Å². The van der Waals surface area contributed by atoms with Gasteiger partial charge in [-0.3, -0.25) is 4.99 Å². The molecule has 0 aromatic heterocycles. The van der Waals surface area contributed by atoms with Crippen LogP contribution in [-0.4, -0.2) is 23.9 Å². The van der Waals surface area contributed by atoms with Crippen LogP contribution in [0, 0.1) is 0 Å². The van der Waals surface area contributed by atoms with Gasteiger partial charge in [-0.15, -0.1) is 0 Å². The van der Waals surface area contributed by atoms with Crippen molar-refractivity contribution in [2.24, 2.45) is 15.0 Å². The fourth-order valence-corrected chi connectivity index (χ4v) is 0.835. The van der Waals surface area contributed by atoms with Crippen molar-refractivity contribution in [2.75, 3.05) is 6.54 Å². The molecule has 0 unspecified atom stereocenters. The van der Waals surface area contributed by atoms with Crippen molar-refractivity contribution in [3.63, 3.8) is 0 Å². The predicted molar refractivity (Wildman–Crippen MR) is 44.2 cm³/mol. The molecule has 0 radical (unpaired) electrons. The maximum absolute atomic E-state index is 4.18. The van der Waals surface area contributed by atoms with E-state index in [1.807, 2.05) is 20.8 Å². The van der Waals surface area contributed by atoms with E-state index in [1.165, 1.54) is 0 Å². The van der Waals surface area contributed by atoms with E-state index in [2.05, 4.69) is 15.0 Å². The lowest BCUT2D eigenvalue weighted by Crippen LogP contribution is -1.97. The summed E-state index contributed by atoms with van der Waals surface area (Å²) in [6.45, 7) is 6.42. The molecule has 0 amide bonds. The quantitative estimate of drug-likeness (QED) is 0.482. The third-order valence-electron chi connectivity index (χ3n) is 1.21.